The van der Waals surface area contributed by atoms with Gasteiger partial charge in [-0.25, -0.2) is 0 Å². The number of carbonyl (C=O) groups is 1. The third-order valence-electron chi connectivity index (χ3n) is 4.12. The van der Waals surface area contributed by atoms with E-state index in [-0.39, 0.29) is 5.91 Å². The number of hydrogen-bond donors (Lipinski definition) is 2. The summed E-state index contributed by atoms with van der Waals surface area (Å²) in [6, 6.07) is 8.39. The Morgan fingerprint density at radius 1 is 1.27 bits per heavy atom. The van der Waals surface area contributed by atoms with Crippen molar-refractivity contribution >= 4 is 5.91 Å². The Kier molecular flexibility index (Phi) is 6.16. The van der Waals surface area contributed by atoms with Crippen LogP contribution in [0.3, 0.4) is 0 Å². The third-order valence-corrected chi connectivity index (χ3v) is 4.12. The molecule has 1 heterocycles. The topological polar surface area (TPSA) is 44.4 Å². The van der Waals surface area contributed by atoms with Crippen LogP contribution in [0.25, 0.3) is 0 Å². The van der Waals surface area contributed by atoms with Gasteiger partial charge < -0.3 is 10.6 Å². The Labute approximate surface area is 133 Å². The van der Waals surface area contributed by atoms with Gasteiger partial charge in [0.1, 0.15) is 0 Å². The van der Waals surface area contributed by atoms with E-state index in [2.05, 4.69) is 29.0 Å². The summed E-state index contributed by atoms with van der Waals surface area (Å²) in [5.41, 5.74) is 3.17. The molecule has 2 rings (SSSR count). The molecule has 0 spiro atoms. The van der Waals surface area contributed by atoms with Crippen LogP contribution in [0.4, 0.5) is 0 Å². The molecule has 4 heteroatoms. The van der Waals surface area contributed by atoms with Crippen LogP contribution in [-0.2, 0) is 6.54 Å². The fourth-order valence-electron chi connectivity index (χ4n) is 2.86. The lowest BCUT2D eigenvalue weighted by molar-refractivity contribution is 0.0963. The summed E-state index contributed by atoms with van der Waals surface area (Å²) in [6.07, 6.45) is 2.37. The van der Waals surface area contributed by atoms with Crippen molar-refractivity contribution in [3.05, 3.63) is 47.5 Å². The van der Waals surface area contributed by atoms with Crippen LogP contribution in [-0.4, -0.2) is 43.5 Å². The molecule has 4 nitrogen and oxygen atoms in total. The van der Waals surface area contributed by atoms with E-state index in [4.69, 9.17) is 0 Å². The number of nitrogens with one attached hydrogen (secondary N) is 2. The minimum absolute atomic E-state index is 0.0376. The van der Waals surface area contributed by atoms with Crippen molar-refractivity contribution in [3.8, 4) is 0 Å². The van der Waals surface area contributed by atoms with Gasteiger partial charge in [-0.1, -0.05) is 24.3 Å². The van der Waals surface area contributed by atoms with Gasteiger partial charge in [0.15, 0.2) is 0 Å². The number of rotatable bonds is 6. The Morgan fingerprint density at radius 2 is 1.91 bits per heavy atom. The summed E-state index contributed by atoms with van der Waals surface area (Å²) in [4.78, 5) is 14.0. The van der Waals surface area contributed by atoms with E-state index in [9.17, 15) is 4.79 Å². The first-order valence-electron chi connectivity index (χ1n) is 7.99. The summed E-state index contributed by atoms with van der Waals surface area (Å²) < 4.78 is 0. The zero-order chi connectivity index (χ0) is 15.9. The molecule has 0 atom stereocenters. The third kappa shape index (κ3) is 4.97. The van der Waals surface area contributed by atoms with Gasteiger partial charge in [-0.05, 0) is 50.6 Å². The van der Waals surface area contributed by atoms with Crippen LogP contribution >= 0.6 is 0 Å². The lowest BCUT2D eigenvalue weighted by Crippen LogP contribution is -2.42. The standard InChI is InChI=1S/C18H27N3O/c1-14(2)13-21-10-8-17(9-11-21)20-12-15-4-6-16(7-5-15)18(22)19-3/h4-7,17,20H,1,8-13H2,2-3H3,(H,19,22). The maximum atomic E-state index is 11.5. The highest BCUT2D eigenvalue weighted by Gasteiger charge is 2.18. The average molecular weight is 301 g/mol. The molecule has 0 unspecified atom stereocenters. The number of carbonyl (C=O) groups excluding carboxylic acids is 1. The monoisotopic (exact) mass is 301 g/mol. The molecule has 1 aliphatic heterocycles. The molecular formula is C18H27N3O. The summed E-state index contributed by atoms with van der Waals surface area (Å²) in [5.74, 6) is -0.0376. The van der Waals surface area contributed by atoms with Crippen molar-refractivity contribution in [2.45, 2.75) is 32.4 Å². The average Bonchev–Trinajstić information content (AvgIpc) is 2.53. The molecule has 1 aromatic rings. The Bertz CT molecular complexity index is 502. The van der Waals surface area contributed by atoms with E-state index >= 15 is 0 Å². The van der Waals surface area contributed by atoms with Crippen LogP contribution in [0.15, 0.2) is 36.4 Å². The molecule has 2 N–H and O–H groups in total. The number of benzene rings is 1. The number of hydrogen-bond acceptors (Lipinski definition) is 3. The van der Waals surface area contributed by atoms with E-state index in [0.29, 0.717) is 11.6 Å². The Morgan fingerprint density at radius 3 is 2.45 bits per heavy atom. The van der Waals surface area contributed by atoms with Crippen LogP contribution in [0.2, 0.25) is 0 Å². The normalized spacial score (nSPS) is 16.5. The quantitative estimate of drug-likeness (QED) is 0.792. The molecule has 1 aliphatic rings. The van der Waals surface area contributed by atoms with Crippen molar-refractivity contribution in [2.24, 2.45) is 0 Å². The highest BCUT2D eigenvalue weighted by atomic mass is 16.1. The van der Waals surface area contributed by atoms with Crippen molar-refractivity contribution in [2.75, 3.05) is 26.7 Å². The van der Waals surface area contributed by atoms with Gasteiger partial charge in [-0.3, -0.25) is 9.69 Å². The fraction of sp³-hybridized carbons (Fsp3) is 0.500. The first kappa shape index (κ1) is 16.7. The highest BCUT2D eigenvalue weighted by Crippen LogP contribution is 2.12. The van der Waals surface area contributed by atoms with Crippen molar-refractivity contribution in [3.63, 3.8) is 0 Å². The van der Waals surface area contributed by atoms with Crippen molar-refractivity contribution in [1.29, 1.82) is 0 Å². The largest absolute Gasteiger partial charge is 0.355 e. The second-order valence-electron chi connectivity index (χ2n) is 6.16. The van der Waals surface area contributed by atoms with Crippen molar-refractivity contribution < 1.29 is 4.79 Å². The van der Waals surface area contributed by atoms with Crippen LogP contribution in [0.5, 0.6) is 0 Å². The highest BCUT2D eigenvalue weighted by molar-refractivity contribution is 5.93. The summed E-state index contributed by atoms with van der Waals surface area (Å²) in [6.45, 7) is 10.2. The molecular weight excluding hydrogens is 274 g/mol. The van der Waals surface area contributed by atoms with E-state index in [1.54, 1.807) is 7.05 Å². The van der Waals surface area contributed by atoms with Gasteiger partial charge in [0.2, 0.25) is 0 Å². The molecule has 1 fully saturated rings. The smallest absolute Gasteiger partial charge is 0.251 e. The SMILES string of the molecule is C=C(C)CN1CCC(NCc2ccc(C(=O)NC)cc2)CC1. The van der Waals surface area contributed by atoms with Gasteiger partial charge in [0.25, 0.3) is 5.91 Å². The van der Waals surface area contributed by atoms with E-state index < -0.39 is 0 Å². The molecule has 1 amide bonds. The predicted octanol–water partition coefficient (Wildman–Crippen LogP) is 2.18. The summed E-state index contributed by atoms with van der Waals surface area (Å²) in [7, 11) is 1.65. The molecule has 0 saturated carbocycles. The van der Waals surface area contributed by atoms with Gasteiger partial charge in [0.05, 0.1) is 0 Å². The van der Waals surface area contributed by atoms with Gasteiger partial charge in [-0.2, -0.15) is 0 Å². The lowest BCUT2D eigenvalue weighted by Gasteiger charge is -2.32. The number of likely N-dealkylation sites (tertiary alicyclic amines) is 1. The van der Waals surface area contributed by atoms with E-state index in [1.807, 2.05) is 24.3 Å². The molecule has 0 aliphatic carbocycles. The van der Waals surface area contributed by atoms with Crippen LogP contribution in [0.1, 0.15) is 35.7 Å². The Balaban J connectivity index is 1.75. The molecule has 0 bridgehead atoms. The molecule has 1 saturated heterocycles. The van der Waals surface area contributed by atoms with Gasteiger partial charge >= 0.3 is 0 Å². The zero-order valence-corrected chi connectivity index (χ0v) is 13.7. The Hall–Kier alpha value is -1.65. The zero-order valence-electron chi connectivity index (χ0n) is 13.7. The molecule has 22 heavy (non-hydrogen) atoms. The first-order valence-corrected chi connectivity index (χ1v) is 7.99. The number of piperidine rings is 1. The van der Waals surface area contributed by atoms with E-state index in [1.165, 1.54) is 24.0 Å². The second-order valence-corrected chi connectivity index (χ2v) is 6.16. The van der Waals surface area contributed by atoms with Crippen LogP contribution < -0.4 is 10.6 Å². The minimum atomic E-state index is -0.0376. The predicted molar refractivity (Wildman–Crippen MR) is 90.9 cm³/mol. The minimum Gasteiger partial charge on any atom is -0.355 e. The van der Waals surface area contributed by atoms with Gasteiger partial charge in [0, 0.05) is 31.7 Å². The molecule has 0 aromatic heterocycles. The summed E-state index contributed by atoms with van der Waals surface area (Å²) in [5, 5.41) is 6.26. The number of nitrogens with zero attached hydrogens (tertiary/aromatic N) is 1. The van der Waals surface area contributed by atoms with Crippen LogP contribution in [0, 0.1) is 0 Å². The molecule has 0 radical (unpaired) electrons. The van der Waals surface area contributed by atoms with E-state index in [0.717, 1.165) is 26.2 Å². The second kappa shape index (κ2) is 8.11. The number of amides is 1. The summed E-state index contributed by atoms with van der Waals surface area (Å²) >= 11 is 0. The molecule has 120 valence electrons. The van der Waals surface area contributed by atoms with Gasteiger partial charge in [-0.15, -0.1) is 0 Å². The maximum Gasteiger partial charge on any atom is 0.251 e. The fourth-order valence-corrected chi connectivity index (χ4v) is 2.86. The molecule has 1 aromatic carbocycles. The maximum absolute atomic E-state index is 11.5. The van der Waals surface area contributed by atoms with Crippen molar-refractivity contribution in [1.82, 2.24) is 15.5 Å². The first-order chi connectivity index (χ1) is 10.6. The lowest BCUT2D eigenvalue weighted by atomic mass is 10.0.